The molecule has 5 heteroatoms. The Morgan fingerprint density at radius 1 is 1.19 bits per heavy atom. The molecule has 2 aliphatic rings. The second kappa shape index (κ2) is 8.25. The van der Waals surface area contributed by atoms with Crippen molar-refractivity contribution in [2.75, 3.05) is 31.1 Å². The molecule has 0 amide bonds. The van der Waals surface area contributed by atoms with Gasteiger partial charge in [-0.05, 0) is 70.8 Å². The molecule has 1 aliphatic heterocycles. The van der Waals surface area contributed by atoms with Gasteiger partial charge in [-0.15, -0.1) is 0 Å². The Labute approximate surface area is 150 Å². The molecule has 0 bridgehead atoms. The van der Waals surface area contributed by atoms with Crippen molar-refractivity contribution in [1.82, 2.24) is 4.90 Å². The average Bonchev–Trinajstić information content (AvgIpc) is 2.42. The van der Waals surface area contributed by atoms with Crippen LogP contribution < -0.4 is 0 Å². The highest BCUT2D eigenvalue weighted by Crippen LogP contribution is 2.48. The van der Waals surface area contributed by atoms with Crippen LogP contribution in [0.4, 0.5) is 0 Å². The molecule has 122 valence electrons. The highest BCUT2D eigenvalue weighted by atomic mass is 127. The highest BCUT2D eigenvalue weighted by Gasteiger charge is 2.39. The minimum atomic E-state index is 0.258. The first kappa shape index (κ1) is 18.4. The van der Waals surface area contributed by atoms with Gasteiger partial charge in [-0.2, -0.15) is 0 Å². The fourth-order valence-corrected chi connectivity index (χ4v) is 7.16. The summed E-state index contributed by atoms with van der Waals surface area (Å²) in [6.07, 6.45) is 7.83. The Hall–Kier alpha value is 1.06. The first-order chi connectivity index (χ1) is 9.95. The number of likely N-dealkylation sites (tertiary alicyclic amines) is 1. The van der Waals surface area contributed by atoms with E-state index in [2.05, 4.69) is 40.0 Å². The van der Waals surface area contributed by atoms with Crippen LogP contribution in [-0.2, 0) is 4.79 Å². The second-order valence-corrected chi connectivity index (χ2v) is 10.9. The van der Waals surface area contributed by atoms with Gasteiger partial charge in [-0.3, -0.25) is 4.79 Å². The minimum absolute atomic E-state index is 0.258. The summed E-state index contributed by atoms with van der Waals surface area (Å²) in [5.41, 5.74) is 0.976. The number of halogens is 1. The van der Waals surface area contributed by atoms with Gasteiger partial charge in [-0.1, -0.05) is 41.0 Å². The van der Waals surface area contributed by atoms with Crippen LogP contribution >= 0.6 is 41.9 Å². The smallest absolute Gasteiger partial charge is 0.190 e. The van der Waals surface area contributed by atoms with Gasteiger partial charge in [0.25, 0.3) is 0 Å². The molecule has 1 spiro atoms. The van der Waals surface area contributed by atoms with E-state index in [1.165, 1.54) is 45.2 Å². The van der Waals surface area contributed by atoms with Crippen molar-refractivity contribution in [3.63, 3.8) is 0 Å². The molecule has 1 aliphatic carbocycles. The van der Waals surface area contributed by atoms with E-state index in [-0.39, 0.29) is 5.41 Å². The number of nitrogens with zero attached hydrogens (tertiary/aromatic N) is 1. The van der Waals surface area contributed by atoms with Crippen LogP contribution in [0.25, 0.3) is 0 Å². The predicted molar refractivity (Wildman–Crippen MR) is 104 cm³/mol. The molecule has 1 saturated carbocycles. The van der Waals surface area contributed by atoms with Gasteiger partial charge in [-0.25, -0.2) is 0 Å². The van der Waals surface area contributed by atoms with E-state index in [1.807, 2.05) is 8.93 Å². The third-order valence-electron chi connectivity index (χ3n) is 5.03. The maximum Gasteiger partial charge on any atom is 0.190 e. The number of hydrogen-bond acceptors (Lipinski definition) is 4. The third kappa shape index (κ3) is 5.88. The van der Waals surface area contributed by atoms with E-state index < -0.39 is 0 Å². The Kier molecular flexibility index (Phi) is 7.22. The molecule has 2 nitrogen and oxygen atoms in total. The van der Waals surface area contributed by atoms with E-state index in [0.29, 0.717) is 5.12 Å². The zero-order valence-corrected chi connectivity index (χ0v) is 17.1. The number of carbonyl (C=O) groups excluding carboxylic acids is 1. The summed E-state index contributed by atoms with van der Waals surface area (Å²) in [6.45, 7) is 7.91. The van der Waals surface area contributed by atoms with E-state index in [4.69, 9.17) is 0 Å². The molecular weight excluding hydrogens is 413 g/mol. The van der Waals surface area contributed by atoms with E-state index in [0.717, 1.165) is 29.9 Å². The fourth-order valence-electron chi connectivity index (χ4n) is 3.21. The van der Waals surface area contributed by atoms with Crippen LogP contribution in [0.1, 0.15) is 52.4 Å². The van der Waals surface area contributed by atoms with Crippen LogP contribution in [0, 0.1) is 10.8 Å². The van der Waals surface area contributed by atoms with Crippen molar-refractivity contribution in [1.29, 1.82) is 0 Å². The summed E-state index contributed by atoms with van der Waals surface area (Å²) in [4.78, 5) is 14.6. The second-order valence-electron chi connectivity index (χ2n) is 7.52. The molecule has 1 heterocycles. The Morgan fingerprint density at radius 3 is 2.38 bits per heavy atom. The van der Waals surface area contributed by atoms with Gasteiger partial charge in [0.15, 0.2) is 5.12 Å². The van der Waals surface area contributed by atoms with E-state index >= 15 is 0 Å². The molecule has 0 N–H and O–H groups in total. The Balaban J connectivity index is 1.59. The highest BCUT2D eigenvalue weighted by molar-refractivity contribution is 14.2. The van der Waals surface area contributed by atoms with Crippen molar-refractivity contribution < 1.29 is 4.79 Å². The molecule has 0 aromatic carbocycles. The lowest BCUT2D eigenvalue weighted by molar-refractivity contribution is -0.111. The van der Waals surface area contributed by atoms with Gasteiger partial charge in [0.05, 0.1) is 0 Å². The summed E-state index contributed by atoms with van der Waals surface area (Å²) < 4.78 is 0. The van der Waals surface area contributed by atoms with Gasteiger partial charge < -0.3 is 4.90 Å². The van der Waals surface area contributed by atoms with Gasteiger partial charge in [0.1, 0.15) is 0 Å². The molecule has 2 rings (SSSR count). The van der Waals surface area contributed by atoms with Crippen molar-refractivity contribution in [2.45, 2.75) is 52.4 Å². The van der Waals surface area contributed by atoms with Crippen LogP contribution in [0.5, 0.6) is 0 Å². The standard InChI is InChI=1S/C16H28INOS2/c1-15(2,13-21-17)12-20-14(19)4-9-18-10-7-16(8-11-18)5-3-6-16/h3-13H2,1-2H3. The first-order valence-corrected chi connectivity index (χ1v) is 12.6. The van der Waals surface area contributed by atoms with E-state index in [9.17, 15) is 4.79 Å². The lowest BCUT2D eigenvalue weighted by atomic mass is 9.63. The number of rotatable bonds is 7. The summed E-state index contributed by atoms with van der Waals surface area (Å²) in [7, 11) is 1.84. The summed E-state index contributed by atoms with van der Waals surface area (Å²) in [6, 6.07) is 0. The molecular formula is C16H28INOS2. The van der Waals surface area contributed by atoms with Crippen LogP contribution in [0.2, 0.25) is 0 Å². The van der Waals surface area contributed by atoms with Crippen LogP contribution in [0.3, 0.4) is 0 Å². The van der Waals surface area contributed by atoms with E-state index in [1.54, 1.807) is 11.8 Å². The Bertz CT molecular complexity index is 348. The molecule has 0 radical (unpaired) electrons. The first-order valence-electron chi connectivity index (χ1n) is 8.06. The largest absolute Gasteiger partial charge is 0.303 e. The summed E-state index contributed by atoms with van der Waals surface area (Å²) >= 11 is 3.89. The number of thioether (sulfide) groups is 1. The topological polar surface area (TPSA) is 20.3 Å². The molecule has 0 aromatic rings. The maximum atomic E-state index is 12.1. The van der Waals surface area contributed by atoms with Gasteiger partial charge in [0, 0.05) is 24.5 Å². The van der Waals surface area contributed by atoms with Crippen molar-refractivity contribution in [3.8, 4) is 0 Å². The van der Waals surface area contributed by atoms with Gasteiger partial charge >= 0.3 is 0 Å². The maximum absolute atomic E-state index is 12.1. The summed E-state index contributed by atoms with van der Waals surface area (Å²) in [5.74, 6) is 2.06. The number of hydrogen-bond donors (Lipinski definition) is 0. The van der Waals surface area contributed by atoms with Crippen LogP contribution in [0.15, 0.2) is 0 Å². The quantitative estimate of drug-likeness (QED) is 0.518. The summed E-state index contributed by atoms with van der Waals surface area (Å²) in [5, 5.41) is 0.380. The van der Waals surface area contributed by atoms with Crippen molar-refractivity contribution in [2.24, 2.45) is 10.8 Å². The molecule has 1 saturated heterocycles. The predicted octanol–water partition coefficient (Wildman–Crippen LogP) is 5.01. The lowest BCUT2D eigenvalue weighted by Gasteiger charge is -2.48. The molecule has 0 unspecified atom stereocenters. The molecule has 0 aromatic heterocycles. The Morgan fingerprint density at radius 2 is 1.86 bits per heavy atom. The van der Waals surface area contributed by atoms with Gasteiger partial charge in [0.2, 0.25) is 0 Å². The minimum Gasteiger partial charge on any atom is -0.303 e. The zero-order chi connectivity index (χ0) is 15.3. The molecule has 2 fully saturated rings. The SMILES string of the molecule is CC(C)(CSI)CSC(=O)CCN1CCC2(CCC2)CC1. The normalized spacial score (nSPS) is 22.2. The molecule has 21 heavy (non-hydrogen) atoms. The number of carbonyl (C=O) groups is 1. The lowest BCUT2D eigenvalue weighted by Crippen LogP contribution is -2.44. The van der Waals surface area contributed by atoms with Crippen LogP contribution in [-0.4, -0.2) is 41.2 Å². The monoisotopic (exact) mass is 441 g/mol. The molecule has 0 atom stereocenters. The zero-order valence-electron chi connectivity index (χ0n) is 13.3. The third-order valence-corrected chi connectivity index (χ3v) is 8.31. The van der Waals surface area contributed by atoms with Crippen molar-refractivity contribution in [3.05, 3.63) is 0 Å². The fraction of sp³-hybridized carbons (Fsp3) is 0.938. The van der Waals surface area contributed by atoms with Crippen molar-refractivity contribution >= 4 is 47.0 Å². The number of piperidine rings is 1. The average molecular weight is 441 g/mol.